The van der Waals surface area contributed by atoms with Gasteiger partial charge in [0.15, 0.2) is 0 Å². The van der Waals surface area contributed by atoms with Crippen molar-refractivity contribution in [1.82, 2.24) is 0 Å². The van der Waals surface area contributed by atoms with Gasteiger partial charge in [-0.15, -0.1) is 0 Å². The Bertz CT molecular complexity index is 1250. The van der Waals surface area contributed by atoms with E-state index in [0.29, 0.717) is 23.6 Å². The van der Waals surface area contributed by atoms with Crippen molar-refractivity contribution in [3.63, 3.8) is 0 Å². The van der Waals surface area contributed by atoms with Gasteiger partial charge in [-0.2, -0.15) is 0 Å². The minimum absolute atomic E-state index is 0.218. The second kappa shape index (κ2) is 8.90. The Balaban J connectivity index is 1.61. The molecule has 0 bridgehead atoms. The highest BCUT2D eigenvalue weighted by molar-refractivity contribution is 6.34. The number of carbonyl (C=O) groups is 3. The summed E-state index contributed by atoms with van der Waals surface area (Å²) in [6, 6.07) is 17.3. The van der Waals surface area contributed by atoms with Gasteiger partial charge in [-0.25, -0.2) is 4.90 Å². The van der Waals surface area contributed by atoms with Crippen LogP contribution in [0.2, 0.25) is 0 Å². The van der Waals surface area contributed by atoms with Crippen molar-refractivity contribution in [3.05, 3.63) is 88.5 Å². The van der Waals surface area contributed by atoms with Crippen molar-refractivity contribution in [1.29, 1.82) is 0 Å². The van der Waals surface area contributed by atoms with E-state index in [1.165, 1.54) is 6.07 Å². The number of rotatable bonds is 6. The number of amides is 3. The Kier molecular flexibility index (Phi) is 6.01. The number of anilines is 2. The lowest BCUT2D eigenvalue weighted by Crippen LogP contribution is -2.29. The average molecular weight is 443 g/mol. The molecular weight excluding hydrogens is 416 g/mol. The largest absolute Gasteiger partial charge is 0.494 e. The van der Waals surface area contributed by atoms with Crippen molar-refractivity contribution >= 4 is 29.1 Å². The summed E-state index contributed by atoms with van der Waals surface area (Å²) in [7, 11) is 0. The van der Waals surface area contributed by atoms with Gasteiger partial charge in [-0.1, -0.05) is 32.0 Å². The number of hydrogen-bond acceptors (Lipinski definition) is 4. The number of carbonyl (C=O) groups excluding carboxylic acids is 3. The molecule has 0 atom stereocenters. The van der Waals surface area contributed by atoms with Crippen LogP contribution in [0.15, 0.2) is 60.7 Å². The van der Waals surface area contributed by atoms with Crippen LogP contribution >= 0.6 is 0 Å². The molecule has 168 valence electrons. The molecule has 0 saturated heterocycles. The molecule has 4 rings (SSSR count). The van der Waals surface area contributed by atoms with E-state index in [-0.39, 0.29) is 23.0 Å². The van der Waals surface area contributed by atoms with E-state index in [1.54, 1.807) is 36.4 Å². The first kappa shape index (κ1) is 22.3. The molecule has 0 aliphatic carbocycles. The van der Waals surface area contributed by atoms with Crippen LogP contribution in [0.5, 0.6) is 5.75 Å². The van der Waals surface area contributed by atoms with Crippen molar-refractivity contribution in [2.45, 2.75) is 33.6 Å². The van der Waals surface area contributed by atoms with Crippen LogP contribution in [0.4, 0.5) is 11.4 Å². The van der Waals surface area contributed by atoms with Gasteiger partial charge in [0.1, 0.15) is 5.75 Å². The summed E-state index contributed by atoms with van der Waals surface area (Å²) < 4.78 is 5.43. The van der Waals surface area contributed by atoms with E-state index in [2.05, 4.69) is 19.2 Å². The van der Waals surface area contributed by atoms with E-state index >= 15 is 0 Å². The third-order valence-electron chi connectivity index (χ3n) is 5.72. The second-order valence-electron chi connectivity index (χ2n) is 8.28. The minimum Gasteiger partial charge on any atom is -0.494 e. The fraction of sp³-hybridized carbons (Fsp3) is 0.222. The Morgan fingerprint density at radius 1 is 0.970 bits per heavy atom. The van der Waals surface area contributed by atoms with E-state index in [0.717, 1.165) is 21.7 Å². The van der Waals surface area contributed by atoms with Crippen LogP contribution in [-0.2, 0) is 0 Å². The summed E-state index contributed by atoms with van der Waals surface area (Å²) in [6.45, 7) is 8.49. The Labute approximate surface area is 193 Å². The van der Waals surface area contributed by atoms with Crippen LogP contribution in [-0.4, -0.2) is 24.3 Å². The SMILES string of the molecule is CCOc1ccc(N2C(=O)c3ccc(C(=O)Nc4c(C)cccc4C(C)C)cc3C2=O)cc1. The van der Waals surface area contributed by atoms with Gasteiger partial charge in [0.05, 0.1) is 23.4 Å². The number of imide groups is 1. The topological polar surface area (TPSA) is 75.7 Å². The highest BCUT2D eigenvalue weighted by Crippen LogP contribution is 2.31. The maximum atomic E-state index is 13.1. The summed E-state index contributed by atoms with van der Waals surface area (Å²) in [6.07, 6.45) is 0. The number of aryl methyl sites for hydroxylation is 1. The molecule has 0 unspecified atom stereocenters. The molecule has 1 aliphatic heterocycles. The molecule has 0 saturated carbocycles. The van der Waals surface area contributed by atoms with Crippen LogP contribution in [0, 0.1) is 6.92 Å². The first-order valence-corrected chi connectivity index (χ1v) is 11.0. The molecule has 3 aromatic carbocycles. The normalized spacial score (nSPS) is 12.8. The highest BCUT2D eigenvalue weighted by atomic mass is 16.5. The number of nitrogens with one attached hydrogen (secondary N) is 1. The van der Waals surface area contributed by atoms with Gasteiger partial charge in [-0.05, 0) is 73.4 Å². The summed E-state index contributed by atoms with van der Waals surface area (Å²) in [5.41, 5.74) is 4.05. The Morgan fingerprint density at radius 3 is 2.33 bits per heavy atom. The molecular formula is C27H26N2O4. The summed E-state index contributed by atoms with van der Waals surface area (Å²) >= 11 is 0. The molecule has 0 fully saturated rings. The molecule has 1 N–H and O–H groups in total. The maximum Gasteiger partial charge on any atom is 0.266 e. The van der Waals surface area contributed by atoms with Crippen molar-refractivity contribution in [3.8, 4) is 5.75 Å². The van der Waals surface area contributed by atoms with Crippen LogP contribution in [0.3, 0.4) is 0 Å². The third-order valence-corrected chi connectivity index (χ3v) is 5.72. The number of hydrogen-bond donors (Lipinski definition) is 1. The Hall–Kier alpha value is -3.93. The number of para-hydroxylation sites is 1. The van der Waals surface area contributed by atoms with Gasteiger partial charge in [0, 0.05) is 11.3 Å². The van der Waals surface area contributed by atoms with Gasteiger partial charge < -0.3 is 10.1 Å². The van der Waals surface area contributed by atoms with E-state index in [4.69, 9.17) is 4.74 Å². The lowest BCUT2D eigenvalue weighted by molar-refractivity contribution is 0.0925. The highest BCUT2D eigenvalue weighted by Gasteiger charge is 2.37. The smallest absolute Gasteiger partial charge is 0.266 e. The van der Waals surface area contributed by atoms with Crippen LogP contribution in [0.1, 0.15) is 68.9 Å². The van der Waals surface area contributed by atoms with Crippen molar-refractivity contribution in [2.75, 3.05) is 16.8 Å². The maximum absolute atomic E-state index is 13.1. The zero-order valence-electron chi connectivity index (χ0n) is 19.1. The third kappa shape index (κ3) is 4.12. The molecule has 0 spiro atoms. The quantitative estimate of drug-likeness (QED) is 0.507. The number of benzene rings is 3. The fourth-order valence-electron chi connectivity index (χ4n) is 4.00. The fourth-order valence-corrected chi connectivity index (χ4v) is 4.00. The first-order chi connectivity index (χ1) is 15.8. The van der Waals surface area contributed by atoms with Gasteiger partial charge in [0.2, 0.25) is 0 Å². The zero-order chi connectivity index (χ0) is 23.7. The van der Waals surface area contributed by atoms with Gasteiger partial charge in [0.25, 0.3) is 17.7 Å². The predicted molar refractivity (Wildman–Crippen MR) is 128 cm³/mol. The molecule has 6 nitrogen and oxygen atoms in total. The Morgan fingerprint density at radius 2 is 1.67 bits per heavy atom. The molecule has 33 heavy (non-hydrogen) atoms. The predicted octanol–water partition coefficient (Wildman–Crippen LogP) is 5.57. The number of nitrogens with zero attached hydrogens (tertiary/aromatic N) is 1. The summed E-state index contributed by atoms with van der Waals surface area (Å²) in [5.74, 6) is -0.288. The van der Waals surface area contributed by atoms with E-state index < -0.39 is 11.8 Å². The molecule has 1 heterocycles. The number of fused-ring (bicyclic) bond motifs is 1. The van der Waals surface area contributed by atoms with Crippen molar-refractivity contribution in [2.24, 2.45) is 0 Å². The molecule has 0 radical (unpaired) electrons. The van der Waals surface area contributed by atoms with Crippen molar-refractivity contribution < 1.29 is 19.1 Å². The van der Waals surface area contributed by atoms with Gasteiger partial charge >= 0.3 is 0 Å². The van der Waals surface area contributed by atoms with Gasteiger partial charge in [-0.3, -0.25) is 14.4 Å². The molecule has 3 aromatic rings. The molecule has 0 aromatic heterocycles. The molecule has 3 amide bonds. The molecule has 6 heteroatoms. The lowest BCUT2D eigenvalue weighted by Gasteiger charge is -2.16. The molecule has 1 aliphatic rings. The van der Waals surface area contributed by atoms with Crippen LogP contribution in [0.25, 0.3) is 0 Å². The first-order valence-electron chi connectivity index (χ1n) is 11.0. The summed E-state index contributed by atoms with van der Waals surface area (Å²) in [4.78, 5) is 40.2. The van der Waals surface area contributed by atoms with E-state index in [1.807, 2.05) is 32.0 Å². The monoisotopic (exact) mass is 442 g/mol. The number of ether oxygens (including phenoxy) is 1. The van der Waals surface area contributed by atoms with Crippen LogP contribution < -0.4 is 15.0 Å². The summed E-state index contributed by atoms with van der Waals surface area (Å²) in [5, 5.41) is 2.99. The second-order valence-corrected chi connectivity index (χ2v) is 8.28. The standard InChI is InChI=1S/C27H26N2O4/c1-5-33-20-12-10-19(11-13-20)29-26(31)22-14-9-18(15-23(22)27(29)32)25(30)28-24-17(4)7-6-8-21(24)16(2)3/h6-16H,5H2,1-4H3,(H,28,30). The lowest BCUT2D eigenvalue weighted by atomic mass is 9.97. The zero-order valence-corrected chi connectivity index (χ0v) is 19.1. The van der Waals surface area contributed by atoms with E-state index in [9.17, 15) is 14.4 Å². The minimum atomic E-state index is -0.451. The average Bonchev–Trinajstić information content (AvgIpc) is 3.05.